The molecule has 0 unspecified atom stereocenters. The van der Waals surface area contributed by atoms with E-state index in [9.17, 15) is 4.79 Å². The lowest BCUT2D eigenvalue weighted by atomic mass is 9.95. The summed E-state index contributed by atoms with van der Waals surface area (Å²) in [7, 11) is 0. The Balaban J connectivity index is 1.68. The highest BCUT2D eigenvalue weighted by Crippen LogP contribution is 2.17. The van der Waals surface area contributed by atoms with E-state index in [1.807, 2.05) is 11.0 Å². The molecule has 2 aliphatic heterocycles. The second-order valence-corrected chi connectivity index (χ2v) is 5.20. The first-order valence-corrected chi connectivity index (χ1v) is 7.01. The Hall–Kier alpha value is -1.39. The Kier molecular flexibility index (Phi) is 3.80. The first kappa shape index (κ1) is 12.6. The van der Waals surface area contributed by atoms with Gasteiger partial charge < -0.3 is 15.0 Å². The molecule has 0 saturated carbocycles. The minimum atomic E-state index is -0.0759. The van der Waals surface area contributed by atoms with E-state index >= 15 is 0 Å². The number of nitrogens with one attached hydrogen (secondary N) is 1. The van der Waals surface area contributed by atoms with Crippen molar-refractivity contribution in [3.05, 3.63) is 35.4 Å². The van der Waals surface area contributed by atoms with E-state index in [-0.39, 0.29) is 11.9 Å². The van der Waals surface area contributed by atoms with E-state index < -0.39 is 0 Å². The van der Waals surface area contributed by atoms with Crippen LogP contribution < -0.4 is 5.32 Å². The molecule has 0 aliphatic carbocycles. The van der Waals surface area contributed by atoms with Crippen LogP contribution in [0, 0.1) is 0 Å². The Morgan fingerprint density at radius 3 is 2.95 bits per heavy atom. The average Bonchev–Trinajstić information content (AvgIpc) is 2.75. The molecule has 0 bridgehead atoms. The van der Waals surface area contributed by atoms with Crippen molar-refractivity contribution in [2.75, 3.05) is 26.3 Å². The topological polar surface area (TPSA) is 41.6 Å². The van der Waals surface area contributed by atoms with Gasteiger partial charge in [0.1, 0.15) is 0 Å². The number of hydrogen-bond donors (Lipinski definition) is 1. The number of ether oxygens (including phenoxy) is 1. The van der Waals surface area contributed by atoms with Crippen LogP contribution in [-0.2, 0) is 22.5 Å². The molecular weight excluding hydrogens is 240 g/mol. The molecule has 2 heterocycles. The molecule has 1 fully saturated rings. The summed E-state index contributed by atoms with van der Waals surface area (Å²) >= 11 is 0. The molecule has 1 N–H and O–H groups in total. The summed E-state index contributed by atoms with van der Waals surface area (Å²) in [5, 5.41) is 3.36. The maximum absolute atomic E-state index is 12.5. The molecule has 1 aromatic carbocycles. The van der Waals surface area contributed by atoms with E-state index in [4.69, 9.17) is 4.74 Å². The Morgan fingerprint density at radius 1 is 1.21 bits per heavy atom. The largest absolute Gasteiger partial charge is 0.380 e. The average molecular weight is 260 g/mol. The van der Waals surface area contributed by atoms with Gasteiger partial charge in [-0.1, -0.05) is 24.3 Å². The standard InChI is InChI=1S/C15H20N2O2/c18-15(17-6-3-8-19-9-7-17)14-10-12-4-1-2-5-13(12)11-16-14/h1-2,4-5,14,16H,3,6-11H2/t14-/m0/s1. The van der Waals surface area contributed by atoms with Crippen molar-refractivity contribution in [2.45, 2.75) is 25.4 Å². The molecule has 0 spiro atoms. The SMILES string of the molecule is O=C([C@@H]1Cc2ccccc2CN1)N1CCCOCC1. The molecule has 4 heteroatoms. The highest BCUT2D eigenvalue weighted by molar-refractivity contribution is 5.82. The van der Waals surface area contributed by atoms with Gasteiger partial charge in [-0.25, -0.2) is 0 Å². The zero-order valence-corrected chi connectivity index (χ0v) is 11.1. The first-order chi connectivity index (χ1) is 9.34. The minimum absolute atomic E-state index is 0.0759. The summed E-state index contributed by atoms with van der Waals surface area (Å²) in [6, 6.07) is 8.28. The Morgan fingerprint density at radius 2 is 2.05 bits per heavy atom. The molecule has 4 nitrogen and oxygen atoms in total. The number of rotatable bonds is 1. The van der Waals surface area contributed by atoms with Gasteiger partial charge in [-0.05, 0) is 24.0 Å². The van der Waals surface area contributed by atoms with Crippen LogP contribution in [-0.4, -0.2) is 43.2 Å². The Labute approximate surface area is 113 Å². The Bertz CT molecular complexity index is 453. The summed E-state index contributed by atoms with van der Waals surface area (Å²) in [4.78, 5) is 14.5. The van der Waals surface area contributed by atoms with E-state index in [1.54, 1.807) is 0 Å². The van der Waals surface area contributed by atoms with Gasteiger partial charge >= 0.3 is 0 Å². The third kappa shape index (κ3) is 2.80. The maximum atomic E-state index is 12.5. The van der Waals surface area contributed by atoms with Crippen LogP contribution in [0.5, 0.6) is 0 Å². The maximum Gasteiger partial charge on any atom is 0.240 e. The minimum Gasteiger partial charge on any atom is -0.380 e. The van der Waals surface area contributed by atoms with Crippen molar-refractivity contribution in [1.82, 2.24) is 10.2 Å². The van der Waals surface area contributed by atoms with Gasteiger partial charge in [0.2, 0.25) is 5.91 Å². The molecule has 19 heavy (non-hydrogen) atoms. The van der Waals surface area contributed by atoms with Crippen molar-refractivity contribution in [3.8, 4) is 0 Å². The normalized spacial score (nSPS) is 23.6. The van der Waals surface area contributed by atoms with E-state index in [2.05, 4.69) is 23.5 Å². The van der Waals surface area contributed by atoms with Crippen LogP contribution in [0.3, 0.4) is 0 Å². The second kappa shape index (κ2) is 5.72. The highest BCUT2D eigenvalue weighted by atomic mass is 16.5. The van der Waals surface area contributed by atoms with Gasteiger partial charge in [0.05, 0.1) is 12.6 Å². The number of nitrogens with zero attached hydrogens (tertiary/aromatic N) is 1. The number of fused-ring (bicyclic) bond motifs is 1. The van der Waals surface area contributed by atoms with E-state index in [0.717, 1.165) is 39.1 Å². The first-order valence-electron chi connectivity index (χ1n) is 7.01. The van der Waals surface area contributed by atoms with Gasteiger partial charge in [-0.15, -0.1) is 0 Å². The fourth-order valence-corrected chi connectivity index (χ4v) is 2.82. The summed E-state index contributed by atoms with van der Waals surface area (Å²) in [6.45, 7) is 3.76. The van der Waals surface area contributed by atoms with Crippen molar-refractivity contribution >= 4 is 5.91 Å². The zero-order valence-electron chi connectivity index (χ0n) is 11.1. The van der Waals surface area contributed by atoms with Crippen molar-refractivity contribution in [3.63, 3.8) is 0 Å². The molecule has 0 radical (unpaired) electrons. The lowest BCUT2D eigenvalue weighted by Gasteiger charge is -2.30. The quantitative estimate of drug-likeness (QED) is 0.817. The van der Waals surface area contributed by atoms with E-state index in [1.165, 1.54) is 11.1 Å². The molecule has 102 valence electrons. The summed E-state index contributed by atoms with van der Waals surface area (Å²) < 4.78 is 5.40. The third-order valence-corrected chi connectivity index (χ3v) is 3.91. The van der Waals surface area contributed by atoms with Crippen LogP contribution >= 0.6 is 0 Å². The number of carbonyl (C=O) groups excluding carboxylic acids is 1. The van der Waals surface area contributed by atoms with E-state index in [0.29, 0.717) is 6.61 Å². The lowest BCUT2D eigenvalue weighted by Crippen LogP contribution is -2.50. The predicted molar refractivity (Wildman–Crippen MR) is 72.8 cm³/mol. The fraction of sp³-hybridized carbons (Fsp3) is 0.533. The van der Waals surface area contributed by atoms with Gasteiger partial charge in [0.25, 0.3) is 0 Å². The summed E-state index contributed by atoms with van der Waals surface area (Å²) in [6.07, 6.45) is 1.74. The zero-order chi connectivity index (χ0) is 13.1. The number of amides is 1. The van der Waals surface area contributed by atoms with Gasteiger partial charge in [-0.2, -0.15) is 0 Å². The van der Waals surface area contributed by atoms with Crippen molar-refractivity contribution < 1.29 is 9.53 Å². The molecule has 2 aliphatic rings. The number of hydrogen-bond acceptors (Lipinski definition) is 3. The monoisotopic (exact) mass is 260 g/mol. The van der Waals surface area contributed by atoms with Crippen LogP contribution in [0.4, 0.5) is 0 Å². The lowest BCUT2D eigenvalue weighted by molar-refractivity contribution is -0.133. The molecule has 1 amide bonds. The van der Waals surface area contributed by atoms with Crippen molar-refractivity contribution in [1.29, 1.82) is 0 Å². The predicted octanol–water partition coefficient (Wildman–Crippen LogP) is 0.950. The molecule has 3 rings (SSSR count). The van der Waals surface area contributed by atoms with Gasteiger partial charge in [0, 0.05) is 26.2 Å². The molecule has 1 atom stereocenters. The number of carbonyl (C=O) groups is 1. The van der Waals surface area contributed by atoms with Crippen LogP contribution in [0.1, 0.15) is 17.5 Å². The molecular formula is C15H20N2O2. The number of benzene rings is 1. The van der Waals surface area contributed by atoms with Crippen molar-refractivity contribution in [2.24, 2.45) is 0 Å². The van der Waals surface area contributed by atoms with Crippen LogP contribution in [0.15, 0.2) is 24.3 Å². The molecule has 1 saturated heterocycles. The smallest absolute Gasteiger partial charge is 0.240 e. The molecule has 1 aromatic rings. The third-order valence-electron chi connectivity index (χ3n) is 3.91. The second-order valence-electron chi connectivity index (χ2n) is 5.20. The van der Waals surface area contributed by atoms with Crippen LogP contribution in [0.25, 0.3) is 0 Å². The summed E-state index contributed by atoms with van der Waals surface area (Å²) in [5.74, 6) is 0.222. The highest BCUT2D eigenvalue weighted by Gasteiger charge is 2.28. The van der Waals surface area contributed by atoms with Crippen LogP contribution in [0.2, 0.25) is 0 Å². The summed E-state index contributed by atoms with van der Waals surface area (Å²) in [5.41, 5.74) is 2.61. The fourth-order valence-electron chi connectivity index (χ4n) is 2.82. The van der Waals surface area contributed by atoms with Gasteiger partial charge in [0.15, 0.2) is 0 Å². The van der Waals surface area contributed by atoms with Gasteiger partial charge in [-0.3, -0.25) is 4.79 Å². The molecule has 0 aromatic heterocycles.